The van der Waals surface area contributed by atoms with Crippen molar-refractivity contribution in [1.82, 2.24) is 0 Å². The first-order chi connectivity index (χ1) is 5.20. The molecule has 0 saturated carbocycles. The van der Waals surface area contributed by atoms with E-state index in [4.69, 9.17) is 20.1 Å². The average molecular weight is 164 g/mol. The van der Waals surface area contributed by atoms with Gasteiger partial charge in [-0.2, -0.15) is 0 Å². The van der Waals surface area contributed by atoms with E-state index in [-0.39, 0.29) is 6.61 Å². The van der Waals surface area contributed by atoms with Crippen molar-refractivity contribution in [2.45, 2.75) is 24.6 Å². The summed E-state index contributed by atoms with van der Waals surface area (Å²) >= 11 is 0. The molecule has 1 aliphatic rings. The zero-order valence-electron chi connectivity index (χ0n) is 6.17. The largest absolute Gasteiger partial charge is 0.394 e. The van der Waals surface area contributed by atoms with E-state index < -0.39 is 24.6 Å². The Balaban J connectivity index is 2.53. The van der Waals surface area contributed by atoms with Crippen LogP contribution in [0.2, 0.25) is 0 Å². The van der Waals surface area contributed by atoms with E-state index in [0.717, 1.165) is 0 Å². The summed E-state index contributed by atoms with van der Waals surface area (Å²) in [6.45, 7) is -0.321. The molecule has 5 heteroatoms. The van der Waals surface area contributed by atoms with Gasteiger partial charge in [0.15, 0.2) is 6.29 Å². The van der Waals surface area contributed by atoms with E-state index in [9.17, 15) is 0 Å². The molecular weight excluding hydrogens is 152 g/mol. The van der Waals surface area contributed by atoms with Crippen LogP contribution in [0, 0.1) is 0 Å². The Morgan fingerprint density at radius 1 is 1.36 bits per heavy atom. The van der Waals surface area contributed by atoms with Crippen LogP contribution in [0.4, 0.5) is 0 Å². The zero-order valence-corrected chi connectivity index (χ0v) is 6.17. The van der Waals surface area contributed by atoms with Gasteiger partial charge in [-0.3, -0.25) is 0 Å². The third-order valence-electron chi connectivity index (χ3n) is 1.73. The first-order valence-electron chi connectivity index (χ1n) is 3.36. The summed E-state index contributed by atoms with van der Waals surface area (Å²) in [7, 11) is 1.36. The smallest absolute Gasteiger partial charge is 0.186 e. The van der Waals surface area contributed by atoms with Crippen LogP contribution in [-0.4, -0.2) is 53.6 Å². The Hall–Kier alpha value is -0.200. The highest BCUT2D eigenvalue weighted by Crippen LogP contribution is 2.20. The normalized spacial score (nSPS) is 44.7. The summed E-state index contributed by atoms with van der Waals surface area (Å²) in [5, 5.41) is 26.9. The molecule has 0 aromatic carbocycles. The molecule has 0 radical (unpaired) electrons. The molecular formula is C6H12O5. The first kappa shape index (κ1) is 8.89. The molecule has 4 atom stereocenters. The van der Waals surface area contributed by atoms with Gasteiger partial charge < -0.3 is 24.8 Å². The van der Waals surface area contributed by atoms with Gasteiger partial charge in [0.1, 0.15) is 18.3 Å². The number of rotatable bonds is 2. The predicted molar refractivity (Wildman–Crippen MR) is 34.8 cm³/mol. The van der Waals surface area contributed by atoms with Gasteiger partial charge in [-0.15, -0.1) is 0 Å². The Labute approximate surface area is 64.2 Å². The van der Waals surface area contributed by atoms with Crippen LogP contribution < -0.4 is 0 Å². The van der Waals surface area contributed by atoms with Gasteiger partial charge in [0, 0.05) is 7.11 Å². The zero-order chi connectivity index (χ0) is 8.43. The fraction of sp³-hybridized carbons (Fsp3) is 1.00. The molecule has 1 rings (SSSR count). The van der Waals surface area contributed by atoms with Crippen LogP contribution in [0.25, 0.3) is 0 Å². The fourth-order valence-electron chi connectivity index (χ4n) is 1.06. The van der Waals surface area contributed by atoms with Crippen molar-refractivity contribution in [1.29, 1.82) is 0 Å². The molecule has 5 nitrogen and oxygen atoms in total. The summed E-state index contributed by atoms with van der Waals surface area (Å²) < 4.78 is 9.59. The van der Waals surface area contributed by atoms with Crippen molar-refractivity contribution in [3.05, 3.63) is 0 Å². The molecule has 0 amide bonds. The minimum Gasteiger partial charge on any atom is -0.394 e. The van der Waals surface area contributed by atoms with E-state index in [1.54, 1.807) is 0 Å². The number of methoxy groups -OCH3 is 1. The van der Waals surface area contributed by atoms with Gasteiger partial charge >= 0.3 is 0 Å². The van der Waals surface area contributed by atoms with Crippen LogP contribution in [0.3, 0.4) is 0 Å². The lowest BCUT2D eigenvalue weighted by atomic mass is 10.1. The first-order valence-corrected chi connectivity index (χ1v) is 3.36. The maximum atomic E-state index is 9.15. The number of aliphatic hydroxyl groups is 3. The van der Waals surface area contributed by atoms with E-state index >= 15 is 0 Å². The number of hydrogen-bond donors (Lipinski definition) is 3. The molecule has 0 bridgehead atoms. The molecule has 1 saturated heterocycles. The molecule has 0 aromatic rings. The van der Waals surface area contributed by atoms with Crippen molar-refractivity contribution in [3.63, 3.8) is 0 Å². The van der Waals surface area contributed by atoms with Crippen LogP contribution in [0.5, 0.6) is 0 Å². The van der Waals surface area contributed by atoms with Crippen molar-refractivity contribution < 1.29 is 24.8 Å². The average Bonchev–Trinajstić information content (AvgIpc) is 2.30. The van der Waals surface area contributed by atoms with Crippen LogP contribution in [0.1, 0.15) is 0 Å². The molecule has 3 N–H and O–H groups in total. The van der Waals surface area contributed by atoms with Gasteiger partial charge in [-0.25, -0.2) is 0 Å². The lowest BCUT2D eigenvalue weighted by molar-refractivity contribution is -0.153. The van der Waals surface area contributed by atoms with E-state index in [2.05, 4.69) is 4.74 Å². The van der Waals surface area contributed by atoms with E-state index in [1.807, 2.05) is 0 Å². The molecule has 1 fully saturated rings. The van der Waals surface area contributed by atoms with Crippen LogP contribution in [-0.2, 0) is 9.47 Å². The summed E-state index contributed by atoms with van der Waals surface area (Å²) in [5.41, 5.74) is 0. The maximum absolute atomic E-state index is 9.15. The lowest BCUT2D eigenvalue weighted by Crippen LogP contribution is -2.34. The highest BCUT2D eigenvalue weighted by molar-refractivity contribution is 4.85. The summed E-state index contributed by atoms with van der Waals surface area (Å²) in [4.78, 5) is 0. The topological polar surface area (TPSA) is 79.2 Å². The minimum absolute atomic E-state index is 0.321. The molecule has 66 valence electrons. The molecule has 1 heterocycles. The van der Waals surface area contributed by atoms with Crippen LogP contribution in [0.15, 0.2) is 0 Å². The Morgan fingerprint density at radius 3 is 2.27 bits per heavy atom. The molecule has 0 spiro atoms. The SMILES string of the molecule is CO[C@@H]1O[C@@H](CO)[C@@H](O)[C@@H]1O. The Morgan fingerprint density at radius 2 is 2.00 bits per heavy atom. The number of aliphatic hydroxyl groups excluding tert-OH is 3. The van der Waals surface area contributed by atoms with Gasteiger partial charge in [-0.1, -0.05) is 0 Å². The molecule has 0 aliphatic carbocycles. The molecule has 11 heavy (non-hydrogen) atoms. The van der Waals surface area contributed by atoms with Crippen molar-refractivity contribution in [2.75, 3.05) is 13.7 Å². The van der Waals surface area contributed by atoms with Crippen molar-refractivity contribution >= 4 is 0 Å². The summed E-state index contributed by atoms with van der Waals surface area (Å²) in [5.74, 6) is 0. The standard InChI is InChI=1S/C6H12O5/c1-10-6-5(9)4(8)3(2-7)11-6/h3-9H,2H2,1H3/t3-,4+,5-,6+/m0/s1. The maximum Gasteiger partial charge on any atom is 0.186 e. The van der Waals surface area contributed by atoms with Gasteiger partial charge in [0.2, 0.25) is 0 Å². The number of ether oxygens (including phenoxy) is 2. The van der Waals surface area contributed by atoms with Gasteiger partial charge in [0.25, 0.3) is 0 Å². The second kappa shape index (κ2) is 3.46. The Kier molecular flexibility index (Phi) is 2.80. The second-order valence-corrected chi connectivity index (χ2v) is 2.44. The highest BCUT2D eigenvalue weighted by Gasteiger charge is 2.42. The van der Waals surface area contributed by atoms with Gasteiger partial charge in [0.05, 0.1) is 6.61 Å². The summed E-state index contributed by atoms with van der Waals surface area (Å²) in [6, 6.07) is 0. The van der Waals surface area contributed by atoms with Crippen molar-refractivity contribution in [2.24, 2.45) is 0 Å². The lowest BCUT2D eigenvalue weighted by Gasteiger charge is -2.11. The monoisotopic (exact) mass is 164 g/mol. The second-order valence-electron chi connectivity index (χ2n) is 2.44. The highest BCUT2D eigenvalue weighted by atomic mass is 16.7. The third kappa shape index (κ3) is 1.52. The van der Waals surface area contributed by atoms with E-state index in [0.29, 0.717) is 0 Å². The number of hydrogen-bond acceptors (Lipinski definition) is 5. The fourth-order valence-corrected chi connectivity index (χ4v) is 1.06. The van der Waals surface area contributed by atoms with E-state index in [1.165, 1.54) is 7.11 Å². The van der Waals surface area contributed by atoms with Crippen LogP contribution >= 0.6 is 0 Å². The molecule has 1 aliphatic heterocycles. The molecule has 0 unspecified atom stereocenters. The Bertz CT molecular complexity index is 110. The third-order valence-corrected chi connectivity index (χ3v) is 1.73. The summed E-state index contributed by atoms with van der Waals surface area (Å²) in [6.07, 6.45) is -3.71. The van der Waals surface area contributed by atoms with Crippen molar-refractivity contribution in [3.8, 4) is 0 Å². The predicted octanol–water partition coefficient (Wildman–Crippen LogP) is -1.93. The quantitative estimate of drug-likeness (QED) is 0.443. The van der Waals surface area contributed by atoms with Gasteiger partial charge in [-0.05, 0) is 0 Å². The molecule has 0 aromatic heterocycles. The minimum atomic E-state index is -1.07.